The summed E-state index contributed by atoms with van der Waals surface area (Å²) in [6.07, 6.45) is 0. The third-order valence-electron chi connectivity index (χ3n) is 4.18. The molecule has 0 saturated heterocycles. The number of anilines is 2. The van der Waals surface area contributed by atoms with E-state index in [4.69, 9.17) is 5.14 Å². The van der Waals surface area contributed by atoms with Crippen LogP contribution in [0.5, 0.6) is 0 Å². The van der Waals surface area contributed by atoms with Crippen LogP contribution in [0.25, 0.3) is 11.3 Å². The second-order valence-corrected chi connectivity index (χ2v) is 11.3. The first-order valence-corrected chi connectivity index (χ1v) is 12.4. The number of nitrogens with zero attached hydrogens (tertiary/aromatic N) is 2. The molecule has 0 spiro atoms. The van der Waals surface area contributed by atoms with Crippen LogP contribution < -0.4 is 10.5 Å². The van der Waals surface area contributed by atoms with Crippen molar-refractivity contribution in [2.75, 3.05) is 19.4 Å². The van der Waals surface area contributed by atoms with Crippen LogP contribution >= 0.6 is 11.3 Å². The van der Waals surface area contributed by atoms with Gasteiger partial charge in [0.1, 0.15) is 0 Å². The summed E-state index contributed by atoms with van der Waals surface area (Å²) >= 11 is 1.23. The largest absolute Gasteiger partial charge is 0.391 e. The summed E-state index contributed by atoms with van der Waals surface area (Å²) in [6.45, 7) is -0.239. The van der Waals surface area contributed by atoms with Gasteiger partial charge in [-0.1, -0.05) is 23.5 Å². The Morgan fingerprint density at radius 1 is 1.00 bits per heavy atom. The number of sulfonamides is 2. The molecule has 1 aromatic heterocycles. The number of aliphatic hydroxyl groups is 1. The first-order valence-electron chi connectivity index (χ1n) is 8.56. The van der Waals surface area contributed by atoms with Crippen molar-refractivity contribution in [1.82, 2.24) is 9.29 Å². The normalized spacial score (nSPS) is 12.3. The van der Waals surface area contributed by atoms with E-state index in [-0.39, 0.29) is 16.4 Å². The van der Waals surface area contributed by atoms with Gasteiger partial charge in [-0.15, -0.1) is 0 Å². The van der Waals surface area contributed by atoms with Gasteiger partial charge in [-0.05, 0) is 36.4 Å². The molecule has 12 heteroatoms. The van der Waals surface area contributed by atoms with E-state index in [2.05, 4.69) is 10.3 Å². The van der Waals surface area contributed by atoms with Crippen LogP contribution in [-0.2, 0) is 26.7 Å². The van der Waals surface area contributed by atoms with E-state index in [1.54, 1.807) is 24.3 Å². The van der Waals surface area contributed by atoms with Gasteiger partial charge >= 0.3 is 0 Å². The summed E-state index contributed by atoms with van der Waals surface area (Å²) in [5.74, 6) is 0. The predicted molar refractivity (Wildman–Crippen MR) is 115 cm³/mol. The van der Waals surface area contributed by atoms with Crippen molar-refractivity contribution in [2.24, 2.45) is 5.14 Å². The molecule has 2 aromatic carbocycles. The van der Waals surface area contributed by atoms with Crippen molar-refractivity contribution < 1.29 is 21.9 Å². The molecule has 0 atom stereocenters. The van der Waals surface area contributed by atoms with Crippen molar-refractivity contribution in [3.8, 4) is 11.3 Å². The van der Waals surface area contributed by atoms with Crippen LogP contribution in [-0.4, -0.2) is 45.3 Å². The molecular weight excluding hydrogens is 448 g/mol. The number of nitrogens with one attached hydrogen (secondary N) is 1. The summed E-state index contributed by atoms with van der Waals surface area (Å²) in [5.41, 5.74) is 1.78. The maximum atomic E-state index is 12.2. The monoisotopic (exact) mass is 468 g/mol. The minimum absolute atomic E-state index is 0.00306. The lowest BCUT2D eigenvalue weighted by atomic mass is 10.1. The van der Waals surface area contributed by atoms with E-state index in [9.17, 15) is 21.9 Å². The van der Waals surface area contributed by atoms with Crippen LogP contribution in [0.15, 0.2) is 58.3 Å². The number of thiazole rings is 1. The topological polar surface area (TPSA) is 143 Å². The Balaban J connectivity index is 1.88. The molecule has 0 aliphatic rings. The molecule has 0 bridgehead atoms. The van der Waals surface area contributed by atoms with Gasteiger partial charge in [-0.2, -0.15) is 0 Å². The molecule has 0 aliphatic heterocycles. The lowest BCUT2D eigenvalue weighted by Gasteiger charge is -2.11. The summed E-state index contributed by atoms with van der Waals surface area (Å²) in [7, 11) is -4.39. The molecule has 0 aliphatic carbocycles. The minimum Gasteiger partial charge on any atom is -0.391 e. The summed E-state index contributed by atoms with van der Waals surface area (Å²) in [4.78, 5) is 5.24. The maximum absolute atomic E-state index is 12.2. The number of aliphatic hydroxyl groups excluding tert-OH is 1. The lowest BCUT2D eigenvalue weighted by molar-refractivity contribution is 0.286. The molecule has 0 saturated carbocycles. The second-order valence-electron chi connectivity index (χ2n) is 6.46. The van der Waals surface area contributed by atoms with Crippen LogP contribution in [0.2, 0.25) is 0 Å². The molecule has 3 aromatic rings. The van der Waals surface area contributed by atoms with Gasteiger partial charge in [0.25, 0.3) is 0 Å². The second kappa shape index (κ2) is 8.41. The molecular formula is C18H20N4O5S3. The van der Waals surface area contributed by atoms with Gasteiger partial charge in [0.2, 0.25) is 20.0 Å². The van der Waals surface area contributed by atoms with Crippen LogP contribution in [0.1, 0.15) is 4.88 Å². The standard InChI is InChI=1S/C18H20N4O5S3/c1-22(2)30(26,27)15-7-3-12(4-8-15)17-16(11-23)28-18(21-17)20-13-5-9-14(10-6-13)29(19,24)25/h3-10,23H,11H2,1-2H3,(H,20,21)(H2,19,24,25). The molecule has 3 rings (SSSR count). The third-order valence-corrected chi connectivity index (χ3v) is 7.90. The highest BCUT2D eigenvalue weighted by Gasteiger charge is 2.18. The summed E-state index contributed by atoms with van der Waals surface area (Å²) in [6, 6.07) is 12.1. The predicted octanol–water partition coefficient (Wildman–Crippen LogP) is 1.94. The zero-order chi connectivity index (χ0) is 22.1. The third kappa shape index (κ3) is 4.69. The fraction of sp³-hybridized carbons (Fsp3) is 0.167. The van der Waals surface area contributed by atoms with Crippen molar-refractivity contribution in [1.29, 1.82) is 0 Å². The summed E-state index contributed by atoms with van der Waals surface area (Å²) in [5, 5.41) is 18.3. The quantitative estimate of drug-likeness (QED) is 0.481. The fourth-order valence-corrected chi connectivity index (χ4v) is 4.87. The van der Waals surface area contributed by atoms with Gasteiger partial charge in [-0.3, -0.25) is 0 Å². The highest BCUT2D eigenvalue weighted by atomic mass is 32.2. The van der Waals surface area contributed by atoms with E-state index in [0.29, 0.717) is 27.0 Å². The SMILES string of the molecule is CN(C)S(=O)(=O)c1ccc(-c2nc(Nc3ccc(S(N)(=O)=O)cc3)sc2CO)cc1. The van der Waals surface area contributed by atoms with Crippen molar-refractivity contribution in [3.05, 3.63) is 53.4 Å². The average molecular weight is 469 g/mol. The average Bonchev–Trinajstić information content (AvgIpc) is 3.10. The molecule has 9 nitrogen and oxygen atoms in total. The van der Waals surface area contributed by atoms with Crippen molar-refractivity contribution in [2.45, 2.75) is 16.4 Å². The highest BCUT2D eigenvalue weighted by molar-refractivity contribution is 7.89. The lowest BCUT2D eigenvalue weighted by Crippen LogP contribution is -2.22. The van der Waals surface area contributed by atoms with Crippen LogP contribution in [0, 0.1) is 0 Å². The number of benzene rings is 2. The Kier molecular flexibility index (Phi) is 6.26. The van der Waals surface area contributed by atoms with Gasteiger partial charge in [0, 0.05) is 25.3 Å². The van der Waals surface area contributed by atoms with Gasteiger partial charge in [0.05, 0.1) is 27.0 Å². The minimum atomic E-state index is -3.77. The molecule has 1 heterocycles. The van der Waals surface area contributed by atoms with Crippen LogP contribution in [0.4, 0.5) is 10.8 Å². The number of hydrogen-bond acceptors (Lipinski definition) is 8. The van der Waals surface area contributed by atoms with Gasteiger partial charge in [-0.25, -0.2) is 31.3 Å². The number of rotatable bonds is 7. The molecule has 160 valence electrons. The molecule has 4 N–H and O–H groups in total. The van der Waals surface area contributed by atoms with Crippen LogP contribution in [0.3, 0.4) is 0 Å². The smallest absolute Gasteiger partial charge is 0.242 e. The highest BCUT2D eigenvalue weighted by Crippen LogP contribution is 2.33. The van der Waals surface area contributed by atoms with E-state index in [1.165, 1.54) is 49.7 Å². The zero-order valence-corrected chi connectivity index (χ0v) is 18.6. The summed E-state index contributed by atoms with van der Waals surface area (Å²) < 4.78 is 48.3. The van der Waals surface area contributed by atoms with Crippen molar-refractivity contribution >= 4 is 42.2 Å². The maximum Gasteiger partial charge on any atom is 0.242 e. The first kappa shape index (κ1) is 22.3. The van der Waals surface area contributed by atoms with E-state index in [1.807, 2.05) is 0 Å². The Morgan fingerprint density at radius 3 is 2.07 bits per heavy atom. The fourth-order valence-electron chi connectivity index (χ4n) is 2.58. The number of aromatic nitrogens is 1. The molecule has 30 heavy (non-hydrogen) atoms. The molecule has 0 amide bonds. The molecule has 0 fully saturated rings. The Hall–Kier alpha value is -2.35. The van der Waals surface area contributed by atoms with Crippen molar-refractivity contribution in [3.63, 3.8) is 0 Å². The van der Waals surface area contributed by atoms with Gasteiger partial charge < -0.3 is 10.4 Å². The number of primary sulfonamides is 1. The zero-order valence-electron chi connectivity index (χ0n) is 16.1. The van der Waals surface area contributed by atoms with E-state index < -0.39 is 20.0 Å². The van der Waals surface area contributed by atoms with Gasteiger partial charge in [0.15, 0.2) is 5.13 Å². The molecule has 0 unspecified atom stereocenters. The Bertz CT molecular complexity index is 1250. The Labute approximate surface area is 178 Å². The number of hydrogen-bond donors (Lipinski definition) is 3. The van der Waals surface area contributed by atoms with E-state index >= 15 is 0 Å². The number of nitrogens with two attached hydrogens (primary N) is 1. The Morgan fingerprint density at radius 2 is 1.57 bits per heavy atom. The molecule has 0 radical (unpaired) electrons. The van der Waals surface area contributed by atoms with E-state index in [0.717, 1.165) is 4.31 Å². The first-order chi connectivity index (χ1) is 14.0.